The van der Waals surface area contributed by atoms with Gasteiger partial charge in [0.25, 0.3) is 0 Å². The maximum atomic E-state index is 12.4. The lowest BCUT2D eigenvalue weighted by Gasteiger charge is -2.12. The lowest BCUT2D eigenvalue weighted by molar-refractivity contribution is -0.133. The van der Waals surface area contributed by atoms with E-state index < -0.39 is 11.8 Å². The average Bonchev–Trinajstić information content (AvgIpc) is 2.67. The molecule has 0 atom stereocenters. The monoisotopic (exact) mass is 396 g/mol. The lowest BCUT2D eigenvalue weighted by Crippen LogP contribution is -2.29. The molecule has 0 saturated carbocycles. The van der Waals surface area contributed by atoms with Crippen LogP contribution in [0.15, 0.2) is 82.6 Å². The van der Waals surface area contributed by atoms with Gasteiger partial charge in [0, 0.05) is 20.5 Å². The van der Waals surface area contributed by atoms with E-state index in [2.05, 4.69) is 10.6 Å². The van der Waals surface area contributed by atoms with Crippen molar-refractivity contribution < 1.29 is 9.59 Å². The summed E-state index contributed by atoms with van der Waals surface area (Å²) in [4.78, 5) is 26.5. The molecule has 0 radical (unpaired) electrons. The summed E-state index contributed by atoms with van der Waals surface area (Å²) in [5.74, 6) is -1.49. The Bertz CT molecular complexity index is 977. The minimum atomic E-state index is -0.750. The number of amides is 2. The van der Waals surface area contributed by atoms with Crippen molar-refractivity contribution in [1.29, 1.82) is 0 Å². The van der Waals surface area contributed by atoms with E-state index in [4.69, 9.17) is 11.6 Å². The molecule has 3 rings (SSSR count). The van der Waals surface area contributed by atoms with Crippen LogP contribution in [-0.2, 0) is 9.59 Å². The lowest BCUT2D eigenvalue weighted by atomic mass is 10.2. The largest absolute Gasteiger partial charge is 0.317 e. The molecule has 0 saturated heterocycles. The van der Waals surface area contributed by atoms with Crippen molar-refractivity contribution >= 4 is 46.6 Å². The minimum absolute atomic E-state index is 0.509. The Morgan fingerprint density at radius 3 is 2.11 bits per heavy atom. The van der Waals surface area contributed by atoms with Gasteiger partial charge in [0.2, 0.25) is 0 Å². The van der Waals surface area contributed by atoms with Crippen molar-refractivity contribution in [2.75, 3.05) is 10.6 Å². The molecule has 4 nitrogen and oxygen atoms in total. The summed E-state index contributed by atoms with van der Waals surface area (Å²) in [6.45, 7) is 1.78. The number of rotatable bonds is 4. The minimum Gasteiger partial charge on any atom is -0.317 e. The molecule has 0 heterocycles. The SMILES string of the molecule is Cc1c(Cl)cccc1NC(=O)C(=O)Nc1ccccc1Sc1ccccc1. The Morgan fingerprint density at radius 2 is 1.37 bits per heavy atom. The first-order chi connectivity index (χ1) is 13.0. The normalized spacial score (nSPS) is 10.3. The molecule has 136 valence electrons. The molecule has 2 amide bonds. The zero-order valence-corrected chi connectivity index (χ0v) is 16.1. The van der Waals surface area contributed by atoms with Crippen LogP contribution in [0.4, 0.5) is 11.4 Å². The number of benzene rings is 3. The van der Waals surface area contributed by atoms with E-state index in [1.165, 1.54) is 11.8 Å². The van der Waals surface area contributed by atoms with Crippen molar-refractivity contribution in [2.45, 2.75) is 16.7 Å². The molecule has 0 aliphatic carbocycles. The molecule has 0 aromatic heterocycles. The highest BCUT2D eigenvalue weighted by Gasteiger charge is 2.17. The first kappa shape index (κ1) is 19.0. The first-order valence-electron chi connectivity index (χ1n) is 8.24. The number of anilines is 2. The number of nitrogens with one attached hydrogen (secondary N) is 2. The second-order valence-electron chi connectivity index (χ2n) is 5.73. The summed E-state index contributed by atoms with van der Waals surface area (Å²) in [5.41, 5.74) is 1.80. The van der Waals surface area contributed by atoms with Crippen LogP contribution in [0.1, 0.15) is 5.56 Å². The van der Waals surface area contributed by atoms with Crippen molar-refractivity contribution in [2.24, 2.45) is 0 Å². The second-order valence-corrected chi connectivity index (χ2v) is 7.25. The highest BCUT2D eigenvalue weighted by Crippen LogP contribution is 2.33. The fourth-order valence-corrected chi connectivity index (χ4v) is 3.47. The topological polar surface area (TPSA) is 58.2 Å². The molecule has 0 unspecified atom stereocenters. The van der Waals surface area contributed by atoms with Gasteiger partial charge < -0.3 is 10.6 Å². The number of carbonyl (C=O) groups is 2. The van der Waals surface area contributed by atoms with Crippen LogP contribution < -0.4 is 10.6 Å². The smallest absolute Gasteiger partial charge is 0.314 e. The van der Waals surface area contributed by atoms with Gasteiger partial charge in [-0.15, -0.1) is 0 Å². The van der Waals surface area contributed by atoms with Crippen LogP contribution in [0.25, 0.3) is 0 Å². The van der Waals surface area contributed by atoms with Gasteiger partial charge in [-0.2, -0.15) is 0 Å². The van der Waals surface area contributed by atoms with Gasteiger partial charge in [-0.3, -0.25) is 9.59 Å². The first-order valence-corrected chi connectivity index (χ1v) is 9.43. The van der Waals surface area contributed by atoms with E-state index in [1.807, 2.05) is 48.5 Å². The Morgan fingerprint density at radius 1 is 0.778 bits per heavy atom. The number of hydrogen-bond donors (Lipinski definition) is 2. The molecule has 0 aliphatic rings. The molecular formula is C21H17ClN2O2S. The van der Waals surface area contributed by atoms with Crippen molar-refractivity contribution in [1.82, 2.24) is 0 Å². The van der Waals surface area contributed by atoms with Crippen LogP contribution in [0.3, 0.4) is 0 Å². The zero-order valence-electron chi connectivity index (χ0n) is 14.5. The van der Waals surface area contributed by atoms with E-state index in [-0.39, 0.29) is 0 Å². The Kier molecular flexibility index (Phi) is 6.16. The fourth-order valence-electron chi connectivity index (χ4n) is 2.38. The van der Waals surface area contributed by atoms with Crippen LogP contribution in [0.5, 0.6) is 0 Å². The molecule has 2 N–H and O–H groups in total. The third-order valence-corrected chi connectivity index (χ3v) is 5.32. The van der Waals surface area contributed by atoms with Crippen molar-refractivity contribution in [3.05, 3.63) is 83.4 Å². The molecule has 0 aliphatic heterocycles. The quantitative estimate of drug-likeness (QED) is 0.582. The molecule has 27 heavy (non-hydrogen) atoms. The van der Waals surface area contributed by atoms with E-state index >= 15 is 0 Å². The summed E-state index contributed by atoms with van der Waals surface area (Å²) in [6.07, 6.45) is 0. The molecule has 3 aromatic rings. The van der Waals surface area contributed by atoms with E-state index in [0.29, 0.717) is 22.0 Å². The zero-order chi connectivity index (χ0) is 19.2. The fraction of sp³-hybridized carbons (Fsp3) is 0.0476. The van der Waals surface area contributed by atoms with Crippen LogP contribution in [0, 0.1) is 6.92 Å². The van der Waals surface area contributed by atoms with Gasteiger partial charge in [0.15, 0.2) is 0 Å². The van der Waals surface area contributed by atoms with Crippen LogP contribution >= 0.6 is 23.4 Å². The summed E-state index contributed by atoms with van der Waals surface area (Å²) in [7, 11) is 0. The Balaban J connectivity index is 1.72. The number of halogens is 1. The number of para-hydroxylation sites is 1. The maximum absolute atomic E-state index is 12.4. The summed E-state index contributed by atoms with van der Waals surface area (Å²) >= 11 is 7.56. The van der Waals surface area contributed by atoms with Crippen LogP contribution in [0.2, 0.25) is 5.02 Å². The predicted octanol–water partition coefficient (Wildman–Crippen LogP) is 5.38. The van der Waals surface area contributed by atoms with Gasteiger partial charge in [-0.1, -0.05) is 59.8 Å². The van der Waals surface area contributed by atoms with E-state index in [9.17, 15) is 9.59 Å². The summed E-state index contributed by atoms with van der Waals surface area (Å²) in [5, 5.41) is 5.80. The Hall–Kier alpha value is -2.76. The van der Waals surface area contributed by atoms with E-state index in [1.54, 1.807) is 31.2 Å². The molecule has 0 bridgehead atoms. The molecule has 0 spiro atoms. The third kappa shape index (κ3) is 4.90. The standard InChI is InChI=1S/C21H17ClN2O2S/c1-14-16(22)10-7-12-17(14)23-20(25)21(26)24-18-11-5-6-13-19(18)27-15-8-3-2-4-9-15/h2-13H,1H3,(H,23,25)(H,24,26). The Labute approximate surface area is 166 Å². The van der Waals surface area contributed by atoms with Gasteiger partial charge in [-0.25, -0.2) is 0 Å². The number of hydrogen-bond acceptors (Lipinski definition) is 3. The van der Waals surface area contributed by atoms with Gasteiger partial charge in [-0.05, 0) is 48.9 Å². The van der Waals surface area contributed by atoms with E-state index in [0.717, 1.165) is 9.79 Å². The second kappa shape index (κ2) is 8.75. The average molecular weight is 397 g/mol. The van der Waals surface area contributed by atoms with Gasteiger partial charge in [0.05, 0.1) is 5.69 Å². The summed E-state index contributed by atoms with van der Waals surface area (Å²) in [6, 6.07) is 22.3. The maximum Gasteiger partial charge on any atom is 0.314 e. The molecule has 3 aromatic carbocycles. The molecular weight excluding hydrogens is 380 g/mol. The molecule has 6 heteroatoms. The predicted molar refractivity (Wildman–Crippen MR) is 110 cm³/mol. The summed E-state index contributed by atoms with van der Waals surface area (Å²) < 4.78 is 0. The van der Waals surface area contributed by atoms with Crippen molar-refractivity contribution in [3.63, 3.8) is 0 Å². The highest BCUT2D eigenvalue weighted by atomic mass is 35.5. The molecule has 0 fully saturated rings. The van der Waals surface area contributed by atoms with Crippen LogP contribution in [-0.4, -0.2) is 11.8 Å². The van der Waals surface area contributed by atoms with Gasteiger partial charge in [0.1, 0.15) is 0 Å². The highest BCUT2D eigenvalue weighted by molar-refractivity contribution is 7.99. The number of carbonyl (C=O) groups excluding carboxylic acids is 2. The van der Waals surface area contributed by atoms with Crippen molar-refractivity contribution in [3.8, 4) is 0 Å². The third-order valence-electron chi connectivity index (χ3n) is 3.83. The van der Waals surface area contributed by atoms with Gasteiger partial charge >= 0.3 is 11.8 Å².